The zero-order chi connectivity index (χ0) is 23.5. The highest BCUT2D eigenvalue weighted by molar-refractivity contribution is 7.19. The van der Waals surface area contributed by atoms with Gasteiger partial charge in [0.05, 0.1) is 11.7 Å². The van der Waals surface area contributed by atoms with E-state index in [1.54, 1.807) is 12.4 Å². The Labute approximate surface area is 202 Å². The molecular weight excluding hydrogens is 446 g/mol. The van der Waals surface area contributed by atoms with E-state index in [4.69, 9.17) is 4.98 Å². The predicted molar refractivity (Wildman–Crippen MR) is 139 cm³/mol. The molecule has 1 amide bonds. The van der Waals surface area contributed by atoms with Gasteiger partial charge in [0.15, 0.2) is 0 Å². The monoisotopic (exact) mass is 471 g/mol. The van der Waals surface area contributed by atoms with Crippen LogP contribution in [0.15, 0.2) is 67.5 Å². The number of amides is 1. The maximum absolute atomic E-state index is 11.6. The van der Waals surface area contributed by atoms with Crippen molar-refractivity contribution in [2.75, 3.05) is 48.8 Å². The standard InChI is InChI=1S/C25H25N7OS/c1-3-21(33)29-22-16-26-24(34-22)20-6-4-5-17-15-27-25(30-23(17)20)28-18-7-9-19(10-8-18)32-13-11-31(2)12-14-32/h3-10,15-16H,1,11-14H2,2H3,(H,29,33)(H,27,28,30). The fraction of sp³-hybridized carbons (Fsp3) is 0.200. The molecule has 1 saturated heterocycles. The topological polar surface area (TPSA) is 86.3 Å². The van der Waals surface area contributed by atoms with Crippen LogP contribution in [0.1, 0.15) is 0 Å². The third-order valence-electron chi connectivity index (χ3n) is 5.77. The summed E-state index contributed by atoms with van der Waals surface area (Å²) in [6.45, 7) is 7.71. The van der Waals surface area contributed by atoms with Crippen molar-refractivity contribution >= 4 is 50.5 Å². The highest BCUT2D eigenvalue weighted by Crippen LogP contribution is 2.33. The van der Waals surface area contributed by atoms with E-state index >= 15 is 0 Å². The third kappa shape index (κ3) is 4.75. The van der Waals surface area contributed by atoms with Gasteiger partial charge in [0.1, 0.15) is 10.0 Å². The molecule has 172 valence electrons. The summed E-state index contributed by atoms with van der Waals surface area (Å²) < 4.78 is 0. The molecule has 3 heterocycles. The Balaban J connectivity index is 1.37. The van der Waals surface area contributed by atoms with Gasteiger partial charge in [-0.2, -0.15) is 0 Å². The Morgan fingerprint density at radius 2 is 1.85 bits per heavy atom. The number of carbonyl (C=O) groups excluding carboxylic acids is 1. The first kappa shape index (κ1) is 22.0. The summed E-state index contributed by atoms with van der Waals surface area (Å²) in [5.74, 6) is 0.254. The molecule has 1 aliphatic heterocycles. The number of likely N-dealkylation sites (N-methyl/N-ethyl adjacent to an activating group) is 1. The van der Waals surface area contributed by atoms with Crippen molar-refractivity contribution in [3.05, 3.63) is 67.5 Å². The van der Waals surface area contributed by atoms with Crippen LogP contribution in [0.5, 0.6) is 0 Å². The van der Waals surface area contributed by atoms with Crippen molar-refractivity contribution in [3.63, 3.8) is 0 Å². The maximum atomic E-state index is 11.6. The van der Waals surface area contributed by atoms with Gasteiger partial charge >= 0.3 is 0 Å². The van der Waals surface area contributed by atoms with Gasteiger partial charge in [-0.3, -0.25) is 4.79 Å². The van der Waals surface area contributed by atoms with Crippen LogP contribution in [-0.4, -0.2) is 59.0 Å². The van der Waals surface area contributed by atoms with E-state index in [-0.39, 0.29) is 5.91 Å². The van der Waals surface area contributed by atoms with E-state index in [0.29, 0.717) is 10.9 Å². The fourth-order valence-corrected chi connectivity index (χ4v) is 4.71. The number of carbonyl (C=O) groups is 1. The molecule has 2 aromatic heterocycles. The number of rotatable bonds is 6. The van der Waals surface area contributed by atoms with Gasteiger partial charge in [-0.25, -0.2) is 15.0 Å². The van der Waals surface area contributed by atoms with Crippen LogP contribution in [0.4, 0.5) is 22.3 Å². The van der Waals surface area contributed by atoms with Crippen LogP contribution in [0.2, 0.25) is 0 Å². The SMILES string of the molecule is C=CC(=O)Nc1cnc(-c2cccc3cnc(Nc4ccc(N5CCN(C)CC5)cc4)nc23)s1. The molecule has 5 rings (SSSR count). The van der Waals surface area contributed by atoms with Gasteiger partial charge in [-0.05, 0) is 43.5 Å². The molecule has 34 heavy (non-hydrogen) atoms. The second kappa shape index (κ2) is 9.58. The molecule has 0 spiro atoms. The number of fused-ring (bicyclic) bond motifs is 1. The van der Waals surface area contributed by atoms with Crippen molar-refractivity contribution in [1.82, 2.24) is 19.9 Å². The van der Waals surface area contributed by atoms with Crippen LogP contribution >= 0.6 is 11.3 Å². The average molecular weight is 472 g/mol. The summed E-state index contributed by atoms with van der Waals surface area (Å²) in [4.78, 5) is 30.1. The Morgan fingerprint density at radius 1 is 1.06 bits per heavy atom. The van der Waals surface area contributed by atoms with E-state index in [0.717, 1.165) is 53.3 Å². The van der Waals surface area contributed by atoms with Crippen molar-refractivity contribution < 1.29 is 4.79 Å². The normalized spacial score (nSPS) is 14.2. The van der Waals surface area contributed by atoms with Crippen LogP contribution in [0.25, 0.3) is 21.5 Å². The number of nitrogens with zero attached hydrogens (tertiary/aromatic N) is 5. The predicted octanol–water partition coefficient (Wildman–Crippen LogP) is 4.37. The molecule has 0 atom stereocenters. The van der Waals surface area contributed by atoms with Crippen molar-refractivity contribution in [1.29, 1.82) is 0 Å². The minimum atomic E-state index is -0.263. The lowest BCUT2D eigenvalue weighted by atomic mass is 10.1. The highest BCUT2D eigenvalue weighted by Gasteiger charge is 2.15. The second-order valence-corrected chi connectivity index (χ2v) is 9.15. The molecule has 0 unspecified atom stereocenters. The molecule has 0 saturated carbocycles. The molecule has 1 aliphatic rings. The van der Waals surface area contributed by atoms with Crippen LogP contribution in [-0.2, 0) is 4.79 Å². The van der Waals surface area contributed by atoms with E-state index in [9.17, 15) is 4.79 Å². The first-order valence-corrected chi connectivity index (χ1v) is 11.9. The number of aromatic nitrogens is 3. The quantitative estimate of drug-likeness (QED) is 0.404. The van der Waals surface area contributed by atoms with Gasteiger partial charge in [0.25, 0.3) is 0 Å². The van der Waals surface area contributed by atoms with E-state index in [1.165, 1.54) is 23.1 Å². The summed E-state index contributed by atoms with van der Waals surface area (Å²) in [7, 11) is 2.16. The number of hydrogen-bond donors (Lipinski definition) is 2. The van der Waals surface area contributed by atoms with Gasteiger partial charge in [-0.15, -0.1) is 0 Å². The first-order chi connectivity index (χ1) is 16.6. The lowest BCUT2D eigenvalue weighted by molar-refractivity contribution is -0.111. The smallest absolute Gasteiger partial charge is 0.248 e. The van der Waals surface area contributed by atoms with Crippen LogP contribution < -0.4 is 15.5 Å². The number of benzene rings is 2. The van der Waals surface area contributed by atoms with E-state index in [2.05, 4.69) is 68.3 Å². The van der Waals surface area contributed by atoms with Crippen LogP contribution in [0.3, 0.4) is 0 Å². The molecule has 1 fully saturated rings. The number of anilines is 4. The summed E-state index contributed by atoms with van der Waals surface area (Å²) in [5, 5.41) is 8.41. The molecule has 8 nitrogen and oxygen atoms in total. The minimum absolute atomic E-state index is 0.263. The molecule has 0 bridgehead atoms. The number of nitrogens with one attached hydrogen (secondary N) is 2. The van der Waals surface area contributed by atoms with Gasteiger partial charge in [0.2, 0.25) is 11.9 Å². The second-order valence-electron chi connectivity index (χ2n) is 8.12. The van der Waals surface area contributed by atoms with Crippen LogP contribution in [0, 0.1) is 0 Å². The summed E-state index contributed by atoms with van der Waals surface area (Å²) in [6, 6.07) is 14.3. The van der Waals surface area contributed by atoms with Gasteiger partial charge in [-0.1, -0.05) is 30.0 Å². The Morgan fingerprint density at radius 3 is 2.62 bits per heavy atom. The summed E-state index contributed by atoms with van der Waals surface area (Å²) in [5.41, 5.74) is 3.84. The summed E-state index contributed by atoms with van der Waals surface area (Å²) >= 11 is 1.39. The highest BCUT2D eigenvalue weighted by atomic mass is 32.1. The lowest BCUT2D eigenvalue weighted by Gasteiger charge is -2.34. The molecule has 0 aliphatic carbocycles. The summed E-state index contributed by atoms with van der Waals surface area (Å²) in [6.07, 6.45) is 4.68. The number of thiazole rings is 1. The number of hydrogen-bond acceptors (Lipinski definition) is 8. The van der Waals surface area contributed by atoms with Crippen molar-refractivity contribution in [2.24, 2.45) is 0 Å². The molecular formula is C25H25N7OS. The third-order valence-corrected chi connectivity index (χ3v) is 6.72. The lowest BCUT2D eigenvalue weighted by Crippen LogP contribution is -2.44. The van der Waals surface area contributed by atoms with E-state index < -0.39 is 0 Å². The number of para-hydroxylation sites is 1. The van der Waals surface area contributed by atoms with Crippen molar-refractivity contribution in [3.8, 4) is 10.6 Å². The largest absolute Gasteiger partial charge is 0.369 e. The molecule has 9 heteroatoms. The first-order valence-electron chi connectivity index (χ1n) is 11.0. The fourth-order valence-electron chi connectivity index (χ4n) is 3.87. The average Bonchev–Trinajstić information content (AvgIpc) is 3.32. The maximum Gasteiger partial charge on any atom is 0.248 e. The van der Waals surface area contributed by atoms with Gasteiger partial charge < -0.3 is 20.4 Å². The molecule has 2 aromatic carbocycles. The van der Waals surface area contributed by atoms with Gasteiger partial charge in [0, 0.05) is 54.7 Å². The Kier molecular flexibility index (Phi) is 6.20. The zero-order valence-electron chi connectivity index (χ0n) is 18.9. The Bertz CT molecular complexity index is 1330. The zero-order valence-corrected chi connectivity index (χ0v) is 19.7. The molecule has 2 N–H and O–H groups in total. The number of piperazine rings is 1. The minimum Gasteiger partial charge on any atom is -0.369 e. The Hall–Kier alpha value is -3.82. The van der Waals surface area contributed by atoms with E-state index in [1.807, 2.05) is 18.2 Å². The molecule has 4 aromatic rings. The molecule has 0 radical (unpaired) electrons. The van der Waals surface area contributed by atoms with Crippen molar-refractivity contribution in [2.45, 2.75) is 0 Å².